The van der Waals surface area contributed by atoms with Gasteiger partial charge in [0.05, 0.1) is 17.8 Å². The van der Waals surface area contributed by atoms with Gasteiger partial charge in [-0.15, -0.1) is 0 Å². The normalized spacial score (nSPS) is 12.5. The number of hydrogen-bond acceptors (Lipinski definition) is 3. The summed E-state index contributed by atoms with van der Waals surface area (Å²) in [5.74, 6) is -0.281. The molecule has 0 unspecified atom stereocenters. The topological polar surface area (TPSA) is 49.4 Å². The van der Waals surface area contributed by atoms with Gasteiger partial charge in [0, 0.05) is 26.9 Å². The van der Waals surface area contributed by atoms with Crippen LogP contribution in [0.5, 0.6) is 0 Å². The van der Waals surface area contributed by atoms with Crippen molar-refractivity contribution in [2.45, 2.75) is 29.7 Å². The quantitative estimate of drug-likeness (QED) is 0.304. The number of carbonyl (C=O) groups is 2. The van der Waals surface area contributed by atoms with Gasteiger partial charge < -0.3 is 10.2 Å². The lowest BCUT2D eigenvalue weighted by Crippen LogP contribution is -2.31. The van der Waals surface area contributed by atoms with Gasteiger partial charge in [0.15, 0.2) is 0 Å². The van der Waals surface area contributed by atoms with Crippen LogP contribution in [-0.4, -0.2) is 18.4 Å². The van der Waals surface area contributed by atoms with Gasteiger partial charge in [-0.1, -0.05) is 83.5 Å². The first-order valence-corrected chi connectivity index (χ1v) is 13.0. The van der Waals surface area contributed by atoms with Crippen molar-refractivity contribution in [2.75, 3.05) is 11.4 Å². The fraction of sp³-hybridized carbons (Fsp3) is 0.133. The first kappa shape index (κ1) is 24.2. The van der Waals surface area contributed by atoms with Crippen LogP contribution in [0, 0.1) is 6.92 Å². The smallest absolute Gasteiger partial charge is 0.259 e. The number of hydrogen-bond donors (Lipinski definition) is 1. The molecule has 0 fully saturated rings. The van der Waals surface area contributed by atoms with Gasteiger partial charge in [-0.25, -0.2) is 0 Å². The molecule has 0 saturated heterocycles. The molecular formula is C30H25ClN2O2S. The number of halogens is 1. The number of carbonyl (C=O) groups excluding carboxylic acids is 2. The first-order valence-electron chi connectivity index (χ1n) is 11.8. The van der Waals surface area contributed by atoms with Crippen molar-refractivity contribution >= 4 is 40.9 Å². The number of aryl methyl sites for hydroxylation is 1. The Labute approximate surface area is 220 Å². The number of nitrogens with one attached hydrogen (secondary N) is 1. The van der Waals surface area contributed by atoms with Gasteiger partial charge in [-0.3, -0.25) is 9.59 Å². The average molecular weight is 513 g/mol. The minimum Gasteiger partial charge on any atom is -0.352 e. The Hall–Kier alpha value is -3.54. The van der Waals surface area contributed by atoms with Crippen LogP contribution in [0.25, 0.3) is 0 Å². The molecule has 0 aromatic heterocycles. The van der Waals surface area contributed by atoms with Crippen LogP contribution in [0.1, 0.15) is 37.4 Å². The summed E-state index contributed by atoms with van der Waals surface area (Å²) < 4.78 is 0. The molecule has 1 aliphatic rings. The van der Waals surface area contributed by atoms with E-state index in [-0.39, 0.29) is 11.8 Å². The lowest BCUT2D eigenvalue weighted by atomic mass is 10.1. The maximum atomic E-state index is 13.7. The van der Waals surface area contributed by atoms with Crippen molar-refractivity contribution in [3.05, 3.63) is 124 Å². The molecule has 180 valence electrons. The van der Waals surface area contributed by atoms with E-state index in [9.17, 15) is 9.59 Å². The number of fused-ring (bicyclic) bond motifs is 2. The highest BCUT2D eigenvalue weighted by Gasteiger charge is 2.28. The predicted molar refractivity (Wildman–Crippen MR) is 146 cm³/mol. The van der Waals surface area contributed by atoms with Crippen molar-refractivity contribution < 1.29 is 9.59 Å². The molecule has 6 heteroatoms. The van der Waals surface area contributed by atoms with Gasteiger partial charge in [0.1, 0.15) is 0 Å². The monoisotopic (exact) mass is 512 g/mol. The summed E-state index contributed by atoms with van der Waals surface area (Å²) in [5, 5.41) is 3.62. The Kier molecular flexibility index (Phi) is 7.12. The van der Waals surface area contributed by atoms with Crippen LogP contribution in [0.4, 0.5) is 5.69 Å². The van der Waals surface area contributed by atoms with E-state index in [0.29, 0.717) is 34.9 Å². The Morgan fingerprint density at radius 1 is 0.917 bits per heavy atom. The van der Waals surface area contributed by atoms with Crippen molar-refractivity contribution in [2.24, 2.45) is 0 Å². The van der Waals surface area contributed by atoms with E-state index in [0.717, 1.165) is 21.8 Å². The van der Waals surface area contributed by atoms with E-state index in [4.69, 9.17) is 11.6 Å². The van der Waals surface area contributed by atoms with E-state index in [1.54, 1.807) is 4.90 Å². The summed E-state index contributed by atoms with van der Waals surface area (Å²) in [6.45, 7) is 2.89. The molecule has 0 atom stereocenters. The standard InChI is InChI=1S/C30H25ClN2O2S/c1-20-7-6-8-21(17-20)15-16-32-29(34)22-13-14-28-26(18-22)33(19-23-9-2-4-11-25(23)31)30(35)24-10-3-5-12-27(24)36-28/h2-14,17-18H,15-16,19H2,1H3,(H,32,34). The predicted octanol–water partition coefficient (Wildman–Crippen LogP) is 6.93. The molecule has 4 aromatic rings. The molecule has 0 radical (unpaired) electrons. The molecule has 0 bridgehead atoms. The van der Waals surface area contributed by atoms with E-state index < -0.39 is 0 Å². The van der Waals surface area contributed by atoms with Crippen LogP contribution in [-0.2, 0) is 13.0 Å². The van der Waals surface area contributed by atoms with Gasteiger partial charge >= 0.3 is 0 Å². The molecular weight excluding hydrogens is 488 g/mol. The molecule has 4 nitrogen and oxygen atoms in total. The minimum atomic E-state index is -0.164. The molecule has 1 N–H and O–H groups in total. The van der Waals surface area contributed by atoms with Gasteiger partial charge in [-0.2, -0.15) is 0 Å². The molecule has 0 saturated carbocycles. The van der Waals surface area contributed by atoms with Crippen LogP contribution >= 0.6 is 23.4 Å². The fourth-order valence-electron chi connectivity index (χ4n) is 4.31. The van der Waals surface area contributed by atoms with Crippen molar-refractivity contribution in [3.8, 4) is 0 Å². The van der Waals surface area contributed by atoms with Crippen molar-refractivity contribution in [1.82, 2.24) is 5.32 Å². The van der Waals surface area contributed by atoms with E-state index >= 15 is 0 Å². The first-order chi connectivity index (χ1) is 17.5. The molecule has 5 rings (SSSR count). The Bertz CT molecular complexity index is 1450. The van der Waals surface area contributed by atoms with Crippen LogP contribution in [0.3, 0.4) is 0 Å². The largest absolute Gasteiger partial charge is 0.352 e. The number of amides is 2. The number of benzene rings is 4. The molecule has 0 spiro atoms. The summed E-state index contributed by atoms with van der Waals surface area (Å²) >= 11 is 7.99. The van der Waals surface area contributed by atoms with Crippen LogP contribution in [0.15, 0.2) is 101 Å². The SMILES string of the molecule is Cc1cccc(CCNC(=O)c2ccc3c(c2)N(Cc2ccccc2Cl)C(=O)c2ccccc2S3)c1. The Morgan fingerprint density at radius 2 is 1.72 bits per heavy atom. The van der Waals surface area contributed by atoms with Crippen LogP contribution < -0.4 is 10.2 Å². The Balaban J connectivity index is 1.44. The van der Waals surface area contributed by atoms with Gasteiger partial charge in [0.2, 0.25) is 0 Å². The summed E-state index contributed by atoms with van der Waals surface area (Å²) in [6, 6.07) is 28.9. The second kappa shape index (κ2) is 10.6. The summed E-state index contributed by atoms with van der Waals surface area (Å²) in [4.78, 5) is 30.3. The average Bonchev–Trinajstić information content (AvgIpc) is 2.99. The second-order valence-corrected chi connectivity index (χ2v) is 10.2. The molecule has 36 heavy (non-hydrogen) atoms. The highest BCUT2D eigenvalue weighted by Crippen LogP contribution is 2.42. The summed E-state index contributed by atoms with van der Waals surface area (Å²) in [7, 11) is 0. The zero-order valence-corrected chi connectivity index (χ0v) is 21.4. The fourth-order valence-corrected chi connectivity index (χ4v) is 5.56. The third-order valence-corrected chi connectivity index (χ3v) is 7.67. The summed E-state index contributed by atoms with van der Waals surface area (Å²) in [5.41, 5.74) is 5.08. The second-order valence-electron chi connectivity index (χ2n) is 8.76. The molecule has 1 aliphatic heterocycles. The minimum absolute atomic E-state index is 0.117. The Morgan fingerprint density at radius 3 is 2.56 bits per heavy atom. The summed E-state index contributed by atoms with van der Waals surface area (Å²) in [6.07, 6.45) is 0.751. The highest BCUT2D eigenvalue weighted by atomic mass is 35.5. The third kappa shape index (κ3) is 5.18. The lowest BCUT2D eigenvalue weighted by molar-refractivity contribution is 0.0950. The van der Waals surface area contributed by atoms with Crippen molar-refractivity contribution in [3.63, 3.8) is 0 Å². The van der Waals surface area contributed by atoms with Gasteiger partial charge in [-0.05, 0) is 60.9 Å². The zero-order valence-electron chi connectivity index (χ0n) is 19.8. The molecule has 0 aliphatic carbocycles. The zero-order chi connectivity index (χ0) is 25.1. The molecule has 4 aromatic carbocycles. The lowest BCUT2D eigenvalue weighted by Gasteiger charge is -2.24. The molecule has 2 amide bonds. The van der Waals surface area contributed by atoms with Crippen LogP contribution in [0.2, 0.25) is 5.02 Å². The number of rotatable bonds is 6. The van der Waals surface area contributed by atoms with E-state index in [2.05, 4.69) is 30.4 Å². The van der Waals surface area contributed by atoms with Gasteiger partial charge in [0.25, 0.3) is 11.8 Å². The maximum Gasteiger partial charge on any atom is 0.259 e. The van der Waals surface area contributed by atoms with E-state index in [1.165, 1.54) is 22.9 Å². The van der Waals surface area contributed by atoms with Crippen molar-refractivity contribution in [1.29, 1.82) is 0 Å². The maximum absolute atomic E-state index is 13.7. The van der Waals surface area contributed by atoms with E-state index in [1.807, 2.05) is 72.8 Å². The number of anilines is 1. The number of nitrogens with zero attached hydrogens (tertiary/aromatic N) is 1. The highest BCUT2D eigenvalue weighted by molar-refractivity contribution is 7.99. The molecule has 1 heterocycles. The third-order valence-electron chi connectivity index (χ3n) is 6.16.